The third-order valence-corrected chi connectivity index (χ3v) is 2.98. The van der Waals surface area contributed by atoms with E-state index in [1.807, 2.05) is 0 Å². The molecule has 0 atom stereocenters. The topological polar surface area (TPSA) is 37.3 Å². The minimum Gasteiger partial charge on any atom is -0.478 e. The van der Waals surface area contributed by atoms with Gasteiger partial charge in [-0.1, -0.05) is 29.3 Å². The van der Waals surface area contributed by atoms with Crippen LogP contribution in [-0.2, 0) is 0 Å². The van der Waals surface area contributed by atoms with Crippen molar-refractivity contribution in [2.24, 2.45) is 0 Å². The Morgan fingerprint density at radius 1 is 1.06 bits per heavy atom. The Morgan fingerprint density at radius 3 is 2.33 bits per heavy atom. The van der Waals surface area contributed by atoms with Crippen LogP contribution in [0.2, 0.25) is 10.0 Å². The van der Waals surface area contributed by atoms with Gasteiger partial charge in [0.25, 0.3) is 0 Å². The Labute approximate surface area is 113 Å². The number of carboxylic acids is 1. The molecule has 2 aromatic rings. The highest BCUT2D eigenvalue weighted by molar-refractivity contribution is 6.34. The van der Waals surface area contributed by atoms with Crippen LogP contribution in [0.4, 0.5) is 4.39 Å². The first kappa shape index (κ1) is 12.9. The summed E-state index contributed by atoms with van der Waals surface area (Å²) >= 11 is 11.7. The highest BCUT2D eigenvalue weighted by Gasteiger charge is 2.14. The Bertz CT molecular complexity index is 626. The highest BCUT2D eigenvalue weighted by atomic mass is 35.5. The molecular weight excluding hydrogens is 278 g/mol. The van der Waals surface area contributed by atoms with Crippen LogP contribution in [0.25, 0.3) is 11.1 Å². The van der Waals surface area contributed by atoms with Gasteiger partial charge in [0, 0.05) is 10.6 Å². The first-order chi connectivity index (χ1) is 8.49. The van der Waals surface area contributed by atoms with Gasteiger partial charge in [-0.25, -0.2) is 9.18 Å². The van der Waals surface area contributed by atoms with E-state index in [-0.39, 0.29) is 10.6 Å². The molecule has 2 rings (SSSR count). The molecule has 0 aliphatic heterocycles. The van der Waals surface area contributed by atoms with Crippen molar-refractivity contribution in [3.63, 3.8) is 0 Å². The summed E-state index contributed by atoms with van der Waals surface area (Å²) in [4.78, 5) is 11.1. The van der Waals surface area contributed by atoms with Crippen molar-refractivity contribution < 1.29 is 14.3 Å². The third-order valence-electron chi connectivity index (χ3n) is 2.43. The monoisotopic (exact) mass is 284 g/mol. The van der Waals surface area contributed by atoms with E-state index in [4.69, 9.17) is 28.3 Å². The number of benzene rings is 2. The molecule has 0 amide bonds. The van der Waals surface area contributed by atoms with Crippen LogP contribution in [0.5, 0.6) is 0 Å². The van der Waals surface area contributed by atoms with Crippen LogP contribution in [0, 0.1) is 5.82 Å². The summed E-state index contributed by atoms with van der Waals surface area (Å²) in [6, 6.07) is 8.23. The largest absolute Gasteiger partial charge is 0.478 e. The summed E-state index contributed by atoms with van der Waals surface area (Å²) in [5.41, 5.74) is 0.875. The summed E-state index contributed by atoms with van der Waals surface area (Å²) in [5.74, 6) is -1.59. The van der Waals surface area contributed by atoms with E-state index >= 15 is 0 Å². The molecule has 1 N–H and O–H groups in total. The predicted molar refractivity (Wildman–Crippen MR) is 68.8 cm³/mol. The number of halogens is 3. The van der Waals surface area contributed by atoms with Crippen LogP contribution in [0.1, 0.15) is 10.4 Å². The molecule has 0 unspecified atom stereocenters. The molecule has 0 heterocycles. The van der Waals surface area contributed by atoms with Gasteiger partial charge in [0.05, 0.1) is 10.6 Å². The molecular formula is C13H7Cl2FO2. The summed E-state index contributed by atoms with van der Waals surface area (Å²) in [5, 5.41) is 9.59. The summed E-state index contributed by atoms with van der Waals surface area (Å²) in [6.07, 6.45) is 0. The maximum atomic E-state index is 13.0. The molecule has 2 aromatic carbocycles. The van der Waals surface area contributed by atoms with Crippen molar-refractivity contribution in [1.29, 1.82) is 0 Å². The molecule has 0 bridgehead atoms. The van der Waals surface area contributed by atoms with Gasteiger partial charge < -0.3 is 5.11 Å². The number of rotatable bonds is 2. The Hall–Kier alpha value is -1.58. The van der Waals surface area contributed by atoms with Crippen LogP contribution in [-0.4, -0.2) is 11.1 Å². The van der Waals surface area contributed by atoms with Crippen molar-refractivity contribution in [2.75, 3.05) is 0 Å². The van der Waals surface area contributed by atoms with Gasteiger partial charge in [-0.3, -0.25) is 0 Å². The van der Waals surface area contributed by atoms with Gasteiger partial charge in [-0.15, -0.1) is 0 Å². The van der Waals surface area contributed by atoms with Crippen molar-refractivity contribution in [2.45, 2.75) is 0 Å². The molecule has 5 heteroatoms. The molecule has 0 saturated carbocycles. The Morgan fingerprint density at radius 2 is 1.72 bits per heavy atom. The number of aromatic carboxylic acids is 1. The average Bonchev–Trinajstić information content (AvgIpc) is 2.29. The number of hydrogen-bond donors (Lipinski definition) is 1. The summed E-state index contributed by atoms with van der Waals surface area (Å²) in [6.45, 7) is 0. The molecule has 0 aliphatic rings. The van der Waals surface area contributed by atoms with E-state index in [2.05, 4.69) is 0 Å². The summed E-state index contributed by atoms with van der Waals surface area (Å²) in [7, 11) is 0. The van der Waals surface area contributed by atoms with Gasteiger partial charge in [0.2, 0.25) is 0 Å². The number of carboxylic acid groups (broad SMARTS) is 1. The molecule has 18 heavy (non-hydrogen) atoms. The fourth-order valence-electron chi connectivity index (χ4n) is 1.64. The lowest BCUT2D eigenvalue weighted by Gasteiger charge is -2.08. The Balaban J connectivity index is 2.67. The first-order valence-electron chi connectivity index (χ1n) is 4.97. The highest BCUT2D eigenvalue weighted by Crippen LogP contribution is 2.32. The third kappa shape index (κ3) is 2.47. The van der Waals surface area contributed by atoms with Gasteiger partial charge in [-0.2, -0.15) is 0 Å². The lowest BCUT2D eigenvalue weighted by atomic mass is 9.99. The van der Waals surface area contributed by atoms with E-state index in [0.717, 1.165) is 6.07 Å². The van der Waals surface area contributed by atoms with E-state index in [1.165, 1.54) is 18.2 Å². The van der Waals surface area contributed by atoms with E-state index in [1.54, 1.807) is 12.1 Å². The maximum Gasteiger partial charge on any atom is 0.336 e. The SMILES string of the molecule is O=C(O)c1cc(Cl)ccc1-c1ccc(F)cc1Cl. The smallest absolute Gasteiger partial charge is 0.336 e. The van der Waals surface area contributed by atoms with Crippen LogP contribution in [0.15, 0.2) is 36.4 Å². The van der Waals surface area contributed by atoms with Crippen molar-refractivity contribution >= 4 is 29.2 Å². The zero-order valence-electron chi connectivity index (χ0n) is 8.95. The van der Waals surface area contributed by atoms with Crippen LogP contribution < -0.4 is 0 Å². The predicted octanol–water partition coefficient (Wildman–Crippen LogP) is 4.50. The van der Waals surface area contributed by atoms with Gasteiger partial charge in [0.15, 0.2) is 0 Å². The van der Waals surface area contributed by atoms with E-state index < -0.39 is 11.8 Å². The minimum absolute atomic E-state index is 0.0241. The second kappa shape index (κ2) is 4.96. The lowest BCUT2D eigenvalue weighted by molar-refractivity contribution is 0.0697. The van der Waals surface area contributed by atoms with E-state index in [0.29, 0.717) is 16.1 Å². The minimum atomic E-state index is -1.12. The fraction of sp³-hybridized carbons (Fsp3) is 0. The lowest BCUT2D eigenvalue weighted by Crippen LogP contribution is -1.99. The molecule has 0 saturated heterocycles. The fourth-order valence-corrected chi connectivity index (χ4v) is 2.08. The number of hydrogen-bond acceptors (Lipinski definition) is 1. The van der Waals surface area contributed by atoms with Gasteiger partial charge in [0.1, 0.15) is 5.82 Å². The van der Waals surface area contributed by atoms with Gasteiger partial charge in [-0.05, 0) is 35.9 Å². The van der Waals surface area contributed by atoms with Crippen molar-refractivity contribution in [1.82, 2.24) is 0 Å². The molecule has 0 aromatic heterocycles. The quantitative estimate of drug-likeness (QED) is 0.882. The van der Waals surface area contributed by atoms with Crippen LogP contribution >= 0.6 is 23.2 Å². The first-order valence-corrected chi connectivity index (χ1v) is 5.73. The normalized spacial score (nSPS) is 10.4. The standard InChI is InChI=1S/C13H7Cl2FO2/c14-7-1-3-9(11(5-7)13(17)18)10-4-2-8(16)6-12(10)15/h1-6H,(H,17,18). The molecule has 2 nitrogen and oxygen atoms in total. The maximum absolute atomic E-state index is 13.0. The zero-order valence-corrected chi connectivity index (χ0v) is 10.5. The average molecular weight is 285 g/mol. The van der Waals surface area contributed by atoms with E-state index in [9.17, 15) is 9.18 Å². The number of carbonyl (C=O) groups is 1. The molecule has 0 radical (unpaired) electrons. The molecule has 0 spiro atoms. The van der Waals surface area contributed by atoms with Crippen molar-refractivity contribution in [3.8, 4) is 11.1 Å². The van der Waals surface area contributed by atoms with Crippen LogP contribution in [0.3, 0.4) is 0 Å². The van der Waals surface area contributed by atoms with Gasteiger partial charge >= 0.3 is 5.97 Å². The molecule has 0 fully saturated rings. The second-order valence-electron chi connectivity index (χ2n) is 3.62. The molecule has 0 aliphatic carbocycles. The summed E-state index contributed by atoms with van der Waals surface area (Å²) < 4.78 is 13.0. The Kier molecular flexibility index (Phi) is 3.55. The second-order valence-corrected chi connectivity index (χ2v) is 4.46. The van der Waals surface area contributed by atoms with Crippen molar-refractivity contribution in [3.05, 3.63) is 57.8 Å². The zero-order chi connectivity index (χ0) is 13.3. The molecule has 92 valence electrons.